The molecule has 0 aliphatic heterocycles. The third kappa shape index (κ3) is 3.11. The third-order valence-electron chi connectivity index (χ3n) is 1.79. The summed E-state index contributed by atoms with van der Waals surface area (Å²) >= 11 is 3.35. The maximum absolute atomic E-state index is 10.7. The summed E-state index contributed by atoms with van der Waals surface area (Å²) in [6, 6.07) is 7.66. The number of halogens is 1. The molecule has 0 aromatic heterocycles. The minimum atomic E-state index is 0.616. The zero-order chi connectivity index (χ0) is 10.6. The van der Waals surface area contributed by atoms with E-state index in [0.717, 1.165) is 10.0 Å². The summed E-state index contributed by atoms with van der Waals surface area (Å²) in [5.41, 5.74) is 1.61. The van der Waals surface area contributed by atoms with Gasteiger partial charge in [0.05, 0.1) is 5.57 Å². The van der Waals surface area contributed by atoms with Gasteiger partial charge in [0.25, 0.3) is 0 Å². The Morgan fingerprint density at radius 1 is 1.36 bits per heavy atom. The molecule has 1 aromatic rings. The molecule has 14 heavy (non-hydrogen) atoms. The minimum absolute atomic E-state index is 0.616. The molecule has 0 bridgehead atoms. The number of nitrogens with zero attached hydrogens (tertiary/aromatic N) is 1. The van der Waals surface area contributed by atoms with Crippen molar-refractivity contribution in [2.45, 2.75) is 0 Å². The van der Waals surface area contributed by atoms with Crippen molar-refractivity contribution in [1.29, 1.82) is 0 Å². The molecule has 0 saturated heterocycles. The first-order chi connectivity index (χ1) is 6.63. The van der Waals surface area contributed by atoms with Gasteiger partial charge in [-0.25, -0.2) is 4.79 Å². The lowest BCUT2D eigenvalue weighted by Crippen LogP contribution is -2.14. The molecule has 74 valence electrons. The van der Waals surface area contributed by atoms with Crippen LogP contribution in [0.5, 0.6) is 0 Å². The Labute approximate surface area is 92.4 Å². The summed E-state index contributed by atoms with van der Waals surface area (Å²) in [5, 5.41) is 0. The van der Waals surface area contributed by atoms with Crippen LogP contribution in [0.4, 0.5) is 0 Å². The molecule has 3 heteroatoms. The van der Waals surface area contributed by atoms with Crippen molar-refractivity contribution in [1.82, 2.24) is 4.90 Å². The molecule has 0 heterocycles. The Morgan fingerprint density at radius 3 is 2.36 bits per heavy atom. The van der Waals surface area contributed by atoms with E-state index in [2.05, 4.69) is 15.9 Å². The quantitative estimate of drug-likeness (QED) is 0.771. The van der Waals surface area contributed by atoms with Gasteiger partial charge in [-0.2, -0.15) is 0 Å². The highest BCUT2D eigenvalue weighted by Gasteiger charge is 2.03. The Hall–Kier alpha value is -0.890. The van der Waals surface area contributed by atoms with Gasteiger partial charge in [-0.1, -0.05) is 28.1 Å². The zero-order valence-corrected chi connectivity index (χ0v) is 9.84. The molecule has 0 atom stereocenters. The number of carbonyl (C=O) groups excluding carboxylic acids is 1. The maximum atomic E-state index is 10.7. The molecular formula is C11H12BrNO. The summed E-state index contributed by atoms with van der Waals surface area (Å²) in [6.07, 6.45) is 0. The number of hydrogen-bond acceptors (Lipinski definition) is 2. The van der Waals surface area contributed by atoms with E-state index in [0.29, 0.717) is 12.1 Å². The summed E-state index contributed by atoms with van der Waals surface area (Å²) < 4.78 is 1.01. The average Bonchev–Trinajstić information content (AvgIpc) is 2.15. The summed E-state index contributed by atoms with van der Waals surface area (Å²) in [6.45, 7) is 0.616. The van der Waals surface area contributed by atoms with Gasteiger partial charge in [-0.05, 0) is 31.8 Å². The maximum Gasteiger partial charge on any atom is 0.129 e. The lowest BCUT2D eigenvalue weighted by Gasteiger charge is -2.10. The molecule has 0 aliphatic rings. The van der Waals surface area contributed by atoms with E-state index in [9.17, 15) is 4.79 Å². The lowest BCUT2D eigenvalue weighted by atomic mass is 10.1. The van der Waals surface area contributed by atoms with Gasteiger partial charge in [-0.15, -0.1) is 0 Å². The molecule has 0 N–H and O–H groups in total. The first-order valence-corrected chi connectivity index (χ1v) is 5.07. The molecule has 1 rings (SSSR count). The highest BCUT2D eigenvalue weighted by Crippen LogP contribution is 2.16. The van der Waals surface area contributed by atoms with Crippen molar-refractivity contribution in [3.8, 4) is 0 Å². The van der Waals surface area contributed by atoms with Crippen molar-refractivity contribution in [3.63, 3.8) is 0 Å². The normalized spacial score (nSPS) is 10.0. The summed E-state index contributed by atoms with van der Waals surface area (Å²) in [4.78, 5) is 12.7. The zero-order valence-electron chi connectivity index (χ0n) is 8.25. The third-order valence-corrected chi connectivity index (χ3v) is 2.32. The molecule has 0 spiro atoms. The molecule has 0 fully saturated rings. The number of hydrogen-bond donors (Lipinski definition) is 0. The Kier molecular flexibility index (Phi) is 4.08. The fourth-order valence-electron chi connectivity index (χ4n) is 1.15. The molecule has 0 aliphatic carbocycles. The molecule has 2 nitrogen and oxygen atoms in total. The molecule has 0 radical (unpaired) electrons. The van der Waals surface area contributed by atoms with Gasteiger partial charge in [0.2, 0.25) is 0 Å². The van der Waals surface area contributed by atoms with Gasteiger partial charge in [0.15, 0.2) is 0 Å². The van der Waals surface area contributed by atoms with Gasteiger partial charge in [0.1, 0.15) is 5.94 Å². The highest BCUT2D eigenvalue weighted by molar-refractivity contribution is 9.10. The van der Waals surface area contributed by atoms with Crippen LogP contribution in [0.15, 0.2) is 28.7 Å². The average molecular weight is 254 g/mol. The van der Waals surface area contributed by atoms with Gasteiger partial charge >= 0.3 is 0 Å². The van der Waals surface area contributed by atoms with Crippen LogP contribution in [-0.2, 0) is 4.79 Å². The fourth-order valence-corrected chi connectivity index (χ4v) is 1.41. The van der Waals surface area contributed by atoms with Crippen LogP contribution in [0.1, 0.15) is 5.56 Å². The molecule has 1 aromatic carbocycles. The summed E-state index contributed by atoms with van der Waals surface area (Å²) in [7, 11) is 3.85. The monoisotopic (exact) mass is 253 g/mol. The second kappa shape index (κ2) is 5.11. The van der Waals surface area contributed by atoms with E-state index in [1.165, 1.54) is 0 Å². The Balaban J connectivity index is 2.91. The molecule has 0 amide bonds. The Morgan fingerprint density at radius 2 is 1.93 bits per heavy atom. The molecular weight excluding hydrogens is 242 g/mol. The first-order valence-electron chi connectivity index (χ1n) is 4.28. The van der Waals surface area contributed by atoms with Crippen LogP contribution in [-0.4, -0.2) is 31.5 Å². The van der Waals surface area contributed by atoms with Crippen molar-refractivity contribution < 1.29 is 4.79 Å². The highest BCUT2D eigenvalue weighted by atomic mass is 79.9. The van der Waals surface area contributed by atoms with Crippen molar-refractivity contribution in [2.24, 2.45) is 0 Å². The molecule has 0 saturated carbocycles. The van der Waals surface area contributed by atoms with Gasteiger partial charge in [0, 0.05) is 11.0 Å². The van der Waals surface area contributed by atoms with Gasteiger partial charge < -0.3 is 4.90 Å². The second-order valence-electron chi connectivity index (χ2n) is 3.33. The SMILES string of the molecule is CN(C)CC(=C=O)c1ccc(Br)cc1. The first kappa shape index (κ1) is 11.2. The van der Waals surface area contributed by atoms with E-state index in [1.807, 2.05) is 49.2 Å². The standard InChI is InChI=1S/C11H12BrNO/c1-13(2)7-10(8-14)9-3-5-11(12)6-4-9/h3-6H,7H2,1-2H3. The lowest BCUT2D eigenvalue weighted by molar-refractivity contribution is 0.462. The van der Waals surface area contributed by atoms with Crippen LogP contribution in [0.3, 0.4) is 0 Å². The van der Waals surface area contributed by atoms with Crippen LogP contribution >= 0.6 is 15.9 Å². The van der Waals surface area contributed by atoms with Crippen LogP contribution < -0.4 is 0 Å². The van der Waals surface area contributed by atoms with E-state index < -0.39 is 0 Å². The van der Waals surface area contributed by atoms with Crippen molar-refractivity contribution in [2.75, 3.05) is 20.6 Å². The van der Waals surface area contributed by atoms with E-state index >= 15 is 0 Å². The van der Waals surface area contributed by atoms with E-state index in [1.54, 1.807) is 0 Å². The van der Waals surface area contributed by atoms with E-state index in [-0.39, 0.29) is 0 Å². The topological polar surface area (TPSA) is 20.3 Å². The van der Waals surface area contributed by atoms with Crippen LogP contribution in [0.2, 0.25) is 0 Å². The predicted molar refractivity (Wildman–Crippen MR) is 61.8 cm³/mol. The number of likely N-dealkylation sites (N-methyl/N-ethyl adjacent to an activating group) is 1. The van der Waals surface area contributed by atoms with Crippen LogP contribution in [0.25, 0.3) is 5.57 Å². The van der Waals surface area contributed by atoms with Gasteiger partial charge in [-0.3, -0.25) is 0 Å². The summed E-state index contributed by atoms with van der Waals surface area (Å²) in [5.74, 6) is 1.98. The minimum Gasteiger partial charge on any atom is -0.304 e. The fraction of sp³-hybridized carbons (Fsp3) is 0.273. The molecule has 0 unspecified atom stereocenters. The predicted octanol–water partition coefficient (Wildman–Crippen LogP) is 2.23. The smallest absolute Gasteiger partial charge is 0.129 e. The van der Waals surface area contributed by atoms with Crippen LogP contribution in [0, 0.1) is 0 Å². The second-order valence-corrected chi connectivity index (χ2v) is 4.24. The van der Waals surface area contributed by atoms with Crippen molar-refractivity contribution >= 4 is 27.4 Å². The van der Waals surface area contributed by atoms with Crippen molar-refractivity contribution in [3.05, 3.63) is 34.3 Å². The van der Waals surface area contributed by atoms with E-state index in [4.69, 9.17) is 0 Å². The number of benzene rings is 1. The number of rotatable bonds is 3. The Bertz CT molecular complexity index is 350. The largest absolute Gasteiger partial charge is 0.304 e.